The van der Waals surface area contributed by atoms with E-state index in [4.69, 9.17) is 0 Å². The molecule has 0 aliphatic rings. The Hall–Kier alpha value is -2.18. The van der Waals surface area contributed by atoms with Crippen molar-refractivity contribution in [2.45, 2.75) is 26.3 Å². The highest BCUT2D eigenvalue weighted by molar-refractivity contribution is 7.88. The highest BCUT2D eigenvalue weighted by Gasteiger charge is 2.19. The van der Waals surface area contributed by atoms with Crippen LogP contribution in [0.15, 0.2) is 54.6 Å². The van der Waals surface area contributed by atoms with Gasteiger partial charge in [0.05, 0.1) is 12.8 Å². The average molecular weight is 375 g/mol. The first kappa shape index (κ1) is 20.1. The predicted molar refractivity (Wildman–Crippen MR) is 104 cm³/mol. The minimum absolute atomic E-state index is 0.153. The second-order valence-electron chi connectivity index (χ2n) is 6.45. The molecule has 140 valence electrons. The second-order valence-corrected chi connectivity index (χ2v) is 8.43. The fourth-order valence-corrected chi connectivity index (χ4v) is 3.52. The predicted octanol–water partition coefficient (Wildman–Crippen LogP) is 2.51. The minimum atomic E-state index is -3.43. The molecule has 0 saturated carbocycles. The third kappa shape index (κ3) is 6.98. The van der Waals surface area contributed by atoms with Gasteiger partial charge in [-0.15, -0.1) is 0 Å². The number of nitrogens with one attached hydrogen (secondary N) is 1. The van der Waals surface area contributed by atoms with Gasteiger partial charge in [-0.1, -0.05) is 60.2 Å². The Morgan fingerprint density at radius 3 is 2.38 bits per heavy atom. The molecule has 0 aliphatic heterocycles. The lowest BCUT2D eigenvalue weighted by Crippen LogP contribution is -2.40. The molecule has 0 unspecified atom stereocenters. The molecule has 0 aliphatic carbocycles. The van der Waals surface area contributed by atoms with Gasteiger partial charge in [0.2, 0.25) is 15.9 Å². The lowest BCUT2D eigenvalue weighted by atomic mass is 10.1. The van der Waals surface area contributed by atoms with Crippen LogP contribution < -0.4 is 5.32 Å². The van der Waals surface area contributed by atoms with E-state index in [0.717, 1.165) is 29.4 Å². The summed E-state index contributed by atoms with van der Waals surface area (Å²) in [5.74, 6) is -0.295. The quantitative estimate of drug-likeness (QED) is 0.733. The number of sulfonamides is 1. The summed E-state index contributed by atoms with van der Waals surface area (Å²) in [6.45, 7) is 2.55. The molecule has 0 atom stereocenters. The number of amides is 1. The fourth-order valence-electron chi connectivity index (χ4n) is 2.71. The Labute approximate surface area is 156 Å². The zero-order valence-electron chi connectivity index (χ0n) is 15.3. The Kier molecular flexibility index (Phi) is 7.36. The normalized spacial score (nSPS) is 11.5. The van der Waals surface area contributed by atoms with E-state index in [0.29, 0.717) is 19.5 Å². The Morgan fingerprint density at radius 1 is 1.04 bits per heavy atom. The van der Waals surface area contributed by atoms with Crippen LogP contribution in [0.1, 0.15) is 23.1 Å². The number of hydrogen-bond donors (Lipinski definition) is 1. The molecule has 2 aromatic rings. The van der Waals surface area contributed by atoms with Gasteiger partial charge in [0.1, 0.15) is 0 Å². The summed E-state index contributed by atoms with van der Waals surface area (Å²) in [7, 11) is -3.43. The summed E-state index contributed by atoms with van der Waals surface area (Å²) in [4.78, 5) is 12.2. The van der Waals surface area contributed by atoms with Gasteiger partial charge in [0.15, 0.2) is 0 Å². The van der Waals surface area contributed by atoms with E-state index in [-0.39, 0.29) is 12.5 Å². The number of benzene rings is 2. The molecule has 0 bridgehead atoms. The molecule has 2 aromatic carbocycles. The topological polar surface area (TPSA) is 66.5 Å². The van der Waals surface area contributed by atoms with Crippen molar-refractivity contribution in [2.24, 2.45) is 0 Å². The van der Waals surface area contributed by atoms with Gasteiger partial charge in [0.25, 0.3) is 0 Å². The summed E-state index contributed by atoms with van der Waals surface area (Å²) in [6, 6.07) is 17.7. The summed E-state index contributed by atoms with van der Waals surface area (Å²) < 4.78 is 25.2. The molecule has 1 amide bonds. The van der Waals surface area contributed by atoms with E-state index in [2.05, 4.69) is 5.32 Å². The van der Waals surface area contributed by atoms with Crippen molar-refractivity contribution in [1.29, 1.82) is 0 Å². The van der Waals surface area contributed by atoms with E-state index < -0.39 is 10.0 Å². The molecule has 0 radical (unpaired) electrons. The van der Waals surface area contributed by atoms with Gasteiger partial charge in [0, 0.05) is 13.1 Å². The van der Waals surface area contributed by atoms with E-state index in [1.165, 1.54) is 4.31 Å². The first-order valence-corrected chi connectivity index (χ1v) is 10.5. The Balaban J connectivity index is 1.85. The third-order valence-electron chi connectivity index (χ3n) is 4.08. The van der Waals surface area contributed by atoms with Gasteiger partial charge in [-0.3, -0.25) is 4.79 Å². The summed E-state index contributed by atoms with van der Waals surface area (Å²) in [5, 5.41) is 2.79. The zero-order valence-corrected chi connectivity index (χ0v) is 16.1. The molecule has 26 heavy (non-hydrogen) atoms. The van der Waals surface area contributed by atoms with E-state index in [1.807, 2.05) is 61.5 Å². The second kappa shape index (κ2) is 9.50. The smallest absolute Gasteiger partial charge is 0.235 e. The van der Waals surface area contributed by atoms with Crippen molar-refractivity contribution in [3.63, 3.8) is 0 Å². The summed E-state index contributed by atoms with van der Waals surface area (Å²) in [5.41, 5.74) is 3.27. The van der Waals surface area contributed by atoms with Crippen LogP contribution in [0, 0.1) is 6.92 Å². The van der Waals surface area contributed by atoms with Gasteiger partial charge >= 0.3 is 0 Å². The maximum atomic E-state index is 12.2. The highest BCUT2D eigenvalue weighted by Crippen LogP contribution is 2.07. The van der Waals surface area contributed by atoms with Crippen LogP contribution in [-0.2, 0) is 27.8 Å². The number of nitrogens with zero attached hydrogens (tertiary/aromatic N) is 1. The van der Waals surface area contributed by atoms with Crippen LogP contribution in [0.25, 0.3) is 0 Å². The van der Waals surface area contributed by atoms with Crippen LogP contribution >= 0.6 is 0 Å². The molecule has 0 fully saturated rings. The van der Waals surface area contributed by atoms with Crippen LogP contribution in [0.3, 0.4) is 0 Å². The van der Waals surface area contributed by atoms with Gasteiger partial charge in [-0.25, -0.2) is 8.42 Å². The van der Waals surface area contributed by atoms with Gasteiger partial charge < -0.3 is 5.32 Å². The molecular formula is C20H26N2O3S. The van der Waals surface area contributed by atoms with Crippen molar-refractivity contribution in [1.82, 2.24) is 9.62 Å². The maximum Gasteiger partial charge on any atom is 0.235 e. The Morgan fingerprint density at radius 2 is 1.73 bits per heavy atom. The zero-order chi connectivity index (χ0) is 19.0. The number of carbonyl (C=O) groups is 1. The number of rotatable bonds is 9. The van der Waals surface area contributed by atoms with Crippen molar-refractivity contribution in [3.8, 4) is 0 Å². The van der Waals surface area contributed by atoms with Gasteiger partial charge in [-0.05, 0) is 30.9 Å². The first-order valence-electron chi connectivity index (χ1n) is 8.66. The van der Waals surface area contributed by atoms with Crippen molar-refractivity contribution in [3.05, 3.63) is 71.3 Å². The van der Waals surface area contributed by atoms with Crippen molar-refractivity contribution < 1.29 is 13.2 Å². The average Bonchev–Trinajstić information content (AvgIpc) is 2.59. The first-order chi connectivity index (χ1) is 12.3. The summed E-state index contributed by atoms with van der Waals surface area (Å²) in [6.07, 6.45) is 2.59. The molecule has 6 heteroatoms. The molecule has 5 nitrogen and oxygen atoms in total. The Bertz CT molecular complexity index is 820. The van der Waals surface area contributed by atoms with E-state index in [9.17, 15) is 13.2 Å². The van der Waals surface area contributed by atoms with Crippen LogP contribution in [0.2, 0.25) is 0 Å². The molecule has 1 N–H and O–H groups in total. The van der Waals surface area contributed by atoms with Crippen LogP contribution in [-0.4, -0.2) is 38.0 Å². The lowest BCUT2D eigenvalue weighted by Gasteiger charge is -2.19. The number of aryl methyl sites for hydroxylation is 2. The molecule has 0 spiro atoms. The molecule has 0 saturated heterocycles. The standard InChI is InChI=1S/C20H26N2O3S/c1-17-8-6-11-19(14-17)15-21-20(23)16-22(26(2,24)25)13-7-12-18-9-4-3-5-10-18/h3-6,8-11,14H,7,12-13,15-16H2,1-2H3,(H,21,23). The number of carbonyl (C=O) groups excluding carboxylic acids is 1. The molecule has 0 heterocycles. The minimum Gasteiger partial charge on any atom is -0.351 e. The highest BCUT2D eigenvalue weighted by atomic mass is 32.2. The molecular weight excluding hydrogens is 348 g/mol. The molecule has 0 aromatic heterocycles. The monoisotopic (exact) mass is 374 g/mol. The van der Waals surface area contributed by atoms with E-state index >= 15 is 0 Å². The lowest BCUT2D eigenvalue weighted by molar-refractivity contribution is -0.121. The summed E-state index contributed by atoms with van der Waals surface area (Å²) >= 11 is 0. The number of hydrogen-bond acceptors (Lipinski definition) is 3. The van der Waals surface area contributed by atoms with Gasteiger partial charge in [-0.2, -0.15) is 4.31 Å². The SMILES string of the molecule is Cc1cccc(CNC(=O)CN(CCCc2ccccc2)S(C)(=O)=O)c1. The van der Waals surface area contributed by atoms with Crippen molar-refractivity contribution in [2.75, 3.05) is 19.3 Å². The third-order valence-corrected chi connectivity index (χ3v) is 5.33. The van der Waals surface area contributed by atoms with Crippen LogP contribution in [0.4, 0.5) is 0 Å². The fraction of sp³-hybridized carbons (Fsp3) is 0.350. The largest absolute Gasteiger partial charge is 0.351 e. The molecule has 2 rings (SSSR count). The van der Waals surface area contributed by atoms with Crippen LogP contribution in [0.5, 0.6) is 0 Å². The van der Waals surface area contributed by atoms with E-state index in [1.54, 1.807) is 0 Å². The maximum absolute atomic E-state index is 12.2. The van der Waals surface area contributed by atoms with Crippen molar-refractivity contribution >= 4 is 15.9 Å².